The van der Waals surface area contributed by atoms with E-state index in [0.29, 0.717) is 0 Å². The molecule has 8 heavy (non-hydrogen) atoms. The molecule has 1 heterocycles. The van der Waals surface area contributed by atoms with Crippen LogP contribution in [0.15, 0.2) is 0 Å². The number of aliphatic hydroxyl groups excluding tert-OH is 1. The van der Waals surface area contributed by atoms with Gasteiger partial charge in [0.2, 0.25) is 0 Å². The van der Waals surface area contributed by atoms with Gasteiger partial charge in [-0.25, -0.2) is 0 Å². The van der Waals surface area contributed by atoms with Crippen LogP contribution in [0.1, 0.15) is 20.3 Å². The van der Waals surface area contributed by atoms with Crippen molar-refractivity contribution in [2.75, 3.05) is 6.54 Å². The summed E-state index contributed by atoms with van der Waals surface area (Å²) >= 11 is 0. The summed E-state index contributed by atoms with van der Waals surface area (Å²) in [5.41, 5.74) is -0.0417. The minimum absolute atomic E-state index is 0.0417. The van der Waals surface area contributed by atoms with Gasteiger partial charge in [-0.3, -0.25) is 0 Å². The van der Waals surface area contributed by atoms with E-state index in [4.69, 9.17) is 0 Å². The second-order valence-corrected chi connectivity index (χ2v) is 2.95. The van der Waals surface area contributed by atoms with E-state index >= 15 is 0 Å². The monoisotopic (exact) mass is 115 g/mol. The maximum absolute atomic E-state index is 9.19. The molecule has 0 radical (unpaired) electrons. The Bertz CT molecular complexity index is 90.5. The second kappa shape index (κ2) is 1.71. The van der Waals surface area contributed by atoms with Gasteiger partial charge in [-0.2, -0.15) is 0 Å². The zero-order valence-electron chi connectivity index (χ0n) is 5.44. The molecule has 1 aliphatic rings. The first-order chi connectivity index (χ1) is 3.63. The number of nitrogens with one attached hydrogen (secondary N) is 1. The van der Waals surface area contributed by atoms with Crippen molar-refractivity contribution in [2.24, 2.45) is 0 Å². The van der Waals surface area contributed by atoms with Gasteiger partial charge in [0.05, 0.1) is 6.10 Å². The summed E-state index contributed by atoms with van der Waals surface area (Å²) in [7, 11) is 0. The van der Waals surface area contributed by atoms with Crippen LogP contribution in [-0.4, -0.2) is 23.3 Å². The van der Waals surface area contributed by atoms with Gasteiger partial charge in [0, 0.05) is 5.54 Å². The van der Waals surface area contributed by atoms with E-state index in [2.05, 4.69) is 5.32 Å². The molecule has 0 amide bonds. The largest absolute Gasteiger partial charge is 0.391 e. The van der Waals surface area contributed by atoms with Crippen LogP contribution in [-0.2, 0) is 0 Å². The Labute approximate surface area is 49.9 Å². The quantitative estimate of drug-likeness (QED) is 0.470. The molecule has 0 saturated carbocycles. The molecule has 1 saturated heterocycles. The molecular weight excluding hydrogens is 102 g/mol. The topological polar surface area (TPSA) is 32.3 Å². The lowest BCUT2D eigenvalue weighted by Gasteiger charge is -2.21. The highest BCUT2D eigenvalue weighted by Crippen LogP contribution is 2.17. The summed E-state index contributed by atoms with van der Waals surface area (Å²) in [5, 5.41) is 12.4. The van der Waals surface area contributed by atoms with Gasteiger partial charge < -0.3 is 10.4 Å². The van der Waals surface area contributed by atoms with Gasteiger partial charge in [0.15, 0.2) is 0 Å². The van der Waals surface area contributed by atoms with E-state index in [1.165, 1.54) is 0 Å². The van der Waals surface area contributed by atoms with Gasteiger partial charge in [-0.05, 0) is 26.8 Å². The Hall–Kier alpha value is -0.0800. The molecule has 2 N–H and O–H groups in total. The molecule has 1 atom stereocenters. The summed E-state index contributed by atoms with van der Waals surface area (Å²) in [6.45, 7) is 4.99. The van der Waals surface area contributed by atoms with Crippen LogP contribution >= 0.6 is 0 Å². The predicted molar refractivity (Wildman–Crippen MR) is 32.7 cm³/mol. The number of rotatable bonds is 0. The van der Waals surface area contributed by atoms with Crippen molar-refractivity contribution in [1.82, 2.24) is 5.32 Å². The van der Waals surface area contributed by atoms with Crippen LogP contribution in [0.2, 0.25) is 0 Å². The van der Waals surface area contributed by atoms with Crippen molar-refractivity contribution >= 4 is 0 Å². The Morgan fingerprint density at radius 2 is 2.25 bits per heavy atom. The van der Waals surface area contributed by atoms with Crippen molar-refractivity contribution in [3.05, 3.63) is 0 Å². The minimum atomic E-state index is -0.150. The zero-order valence-corrected chi connectivity index (χ0v) is 5.44. The lowest BCUT2D eigenvalue weighted by molar-refractivity contribution is 0.119. The van der Waals surface area contributed by atoms with Crippen molar-refractivity contribution < 1.29 is 5.11 Å². The molecule has 0 aliphatic carbocycles. The average Bonchev–Trinajstić information content (AvgIpc) is 1.86. The highest BCUT2D eigenvalue weighted by molar-refractivity contribution is 4.91. The maximum atomic E-state index is 9.19. The Kier molecular flexibility index (Phi) is 1.29. The summed E-state index contributed by atoms with van der Waals surface area (Å²) in [5.74, 6) is 0. The van der Waals surface area contributed by atoms with E-state index in [-0.39, 0.29) is 11.6 Å². The Morgan fingerprint density at radius 3 is 2.38 bits per heavy atom. The molecule has 0 aromatic heterocycles. The fraction of sp³-hybridized carbons (Fsp3) is 1.00. The fourth-order valence-corrected chi connectivity index (χ4v) is 1.01. The number of hydrogen-bond acceptors (Lipinski definition) is 2. The first kappa shape index (κ1) is 6.05. The SMILES string of the molecule is CC1(C)NCC[C@H]1O. The molecule has 0 bridgehead atoms. The van der Waals surface area contributed by atoms with Crippen molar-refractivity contribution in [3.63, 3.8) is 0 Å². The van der Waals surface area contributed by atoms with Gasteiger partial charge >= 0.3 is 0 Å². The lowest BCUT2D eigenvalue weighted by Crippen LogP contribution is -2.40. The molecule has 0 unspecified atom stereocenters. The molecule has 2 nitrogen and oxygen atoms in total. The van der Waals surface area contributed by atoms with E-state index < -0.39 is 0 Å². The minimum Gasteiger partial charge on any atom is -0.391 e. The molecule has 0 spiro atoms. The molecular formula is C6H13NO. The van der Waals surface area contributed by atoms with Crippen LogP contribution in [0.5, 0.6) is 0 Å². The van der Waals surface area contributed by atoms with Gasteiger partial charge in [0.1, 0.15) is 0 Å². The maximum Gasteiger partial charge on any atom is 0.0728 e. The van der Waals surface area contributed by atoms with E-state index in [0.717, 1.165) is 13.0 Å². The second-order valence-electron chi connectivity index (χ2n) is 2.95. The molecule has 0 aromatic rings. The van der Waals surface area contributed by atoms with Gasteiger partial charge in [0.25, 0.3) is 0 Å². The van der Waals surface area contributed by atoms with Crippen molar-refractivity contribution in [3.8, 4) is 0 Å². The normalized spacial score (nSPS) is 35.6. The highest BCUT2D eigenvalue weighted by atomic mass is 16.3. The molecule has 48 valence electrons. The summed E-state index contributed by atoms with van der Waals surface area (Å²) < 4.78 is 0. The zero-order chi connectivity index (χ0) is 6.20. The summed E-state index contributed by atoms with van der Waals surface area (Å²) in [6, 6.07) is 0. The van der Waals surface area contributed by atoms with Crippen molar-refractivity contribution in [1.29, 1.82) is 0 Å². The fourth-order valence-electron chi connectivity index (χ4n) is 1.01. The smallest absolute Gasteiger partial charge is 0.0728 e. The Balaban J connectivity index is 2.54. The third-order valence-electron chi connectivity index (χ3n) is 1.83. The number of aliphatic hydroxyl groups is 1. The van der Waals surface area contributed by atoms with Crippen LogP contribution in [0.4, 0.5) is 0 Å². The standard InChI is InChI=1S/C6H13NO/c1-6(2)5(8)3-4-7-6/h5,7-8H,3-4H2,1-2H3/t5-/m1/s1. The highest BCUT2D eigenvalue weighted by Gasteiger charge is 2.31. The Morgan fingerprint density at radius 1 is 1.62 bits per heavy atom. The third-order valence-corrected chi connectivity index (χ3v) is 1.83. The molecule has 1 rings (SSSR count). The van der Waals surface area contributed by atoms with Crippen LogP contribution < -0.4 is 5.32 Å². The first-order valence-electron chi connectivity index (χ1n) is 3.06. The molecule has 0 aromatic carbocycles. The molecule has 1 fully saturated rings. The number of hydrogen-bond donors (Lipinski definition) is 2. The van der Waals surface area contributed by atoms with Crippen LogP contribution in [0.25, 0.3) is 0 Å². The van der Waals surface area contributed by atoms with Gasteiger partial charge in [-0.15, -0.1) is 0 Å². The van der Waals surface area contributed by atoms with E-state index in [9.17, 15) is 5.11 Å². The molecule has 2 heteroatoms. The summed E-state index contributed by atoms with van der Waals surface area (Å²) in [4.78, 5) is 0. The van der Waals surface area contributed by atoms with E-state index in [1.54, 1.807) is 0 Å². The van der Waals surface area contributed by atoms with Crippen LogP contribution in [0.3, 0.4) is 0 Å². The average molecular weight is 115 g/mol. The predicted octanol–water partition coefficient (Wildman–Crippen LogP) is 0.119. The van der Waals surface area contributed by atoms with Crippen molar-refractivity contribution in [2.45, 2.75) is 31.9 Å². The van der Waals surface area contributed by atoms with Gasteiger partial charge in [-0.1, -0.05) is 0 Å². The van der Waals surface area contributed by atoms with Crippen LogP contribution in [0, 0.1) is 0 Å². The first-order valence-corrected chi connectivity index (χ1v) is 3.06. The molecule has 1 aliphatic heterocycles. The lowest BCUT2D eigenvalue weighted by atomic mass is 10.0. The van der Waals surface area contributed by atoms with E-state index in [1.807, 2.05) is 13.8 Å². The summed E-state index contributed by atoms with van der Waals surface area (Å²) in [6.07, 6.45) is 0.745. The third kappa shape index (κ3) is 0.858.